The highest BCUT2D eigenvalue weighted by molar-refractivity contribution is 7.99. The van der Waals surface area contributed by atoms with Gasteiger partial charge in [-0.1, -0.05) is 53.7 Å². The van der Waals surface area contributed by atoms with Gasteiger partial charge in [-0.2, -0.15) is 0 Å². The summed E-state index contributed by atoms with van der Waals surface area (Å²) in [6.45, 7) is 1.41. The lowest BCUT2D eigenvalue weighted by molar-refractivity contribution is 0.252. The molecule has 0 radical (unpaired) electrons. The molecule has 0 spiro atoms. The molecule has 26 heavy (non-hydrogen) atoms. The van der Waals surface area contributed by atoms with Gasteiger partial charge in [-0.25, -0.2) is 9.78 Å². The van der Waals surface area contributed by atoms with Gasteiger partial charge < -0.3 is 15.2 Å². The third-order valence-corrected chi connectivity index (χ3v) is 5.34. The van der Waals surface area contributed by atoms with E-state index in [1.807, 2.05) is 54.7 Å². The first-order chi connectivity index (χ1) is 12.7. The minimum atomic E-state index is -0.256. The molecule has 2 amide bonds. The van der Waals surface area contributed by atoms with Gasteiger partial charge in [0.2, 0.25) is 0 Å². The van der Waals surface area contributed by atoms with E-state index in [0.29, 0.717) is 11.6 Å². The van der Waals surface area contributed by atoms with Crippen molar-refractivity contribution in [1.29, 1.82) is 0 Å². The second-order valence-electron chi connectivity index (χ2n) is 5.93. The van der Waals surface area contributed by atoms with E-state index in [0.717, 1.165) is 40.0 Å². The SMILES string of the molecule is O=C(NCc1ccc(Cl)cc1)Nc1ccccc1-c1cn2c(n1)SCC2. The first-order valence-corrected chi connectivity index (χ1v) is 9.64. The number of aryl methyl sites for hydroxylation is 1. The number of hydrogen-bond acceptors (Lipinski definition) is 3. The van der Waals surface area contributed by atoms with E-state index in [-0.39, 0.29) is 6.03 Å². The third kappa shape index (κ3) is 3.71. The summed E-state index contributed by atoms with van der Waals surface area (Å²) in [5.41, 5.74) is 3.51. The summed E-state index contributed by atoms with van der Waals surface area (Å²) in [5, 5.41) is 7.49. The van der Waals surface area contributed by atoms with Crippen molar-refractivity contribution in [2.75, 3.05) is 11.1 Å². The van der Waals surface area contributed by atoms with Gasteiger partial charge in [0.25, 0.3) is 0 Å². The number of imidazole rings is 1. The van der Waals surface area contributed by atoms with Crippen LogP contribution in [-0.2, 0) is 13.1 Å². The van der Waals surface area contributed by atoms with Crippen LogP contribution >= 0.6 is 23.4 Å². The van der Waals surface area contributed by atoms with E-state index in [1.165, 1.54) is 0 Å². The molecular weight excluding hydrogens is 368 g/mol. The largest absolute Gasteiger partial charge is 0.334 e. The number of benzene rings is 2. The molecule has 0 unspecified atom stereocenters. The summed E-state index contributed by atoms with van der Waals surface area (Å²) < 4.78 is 2.15. The average Bonchev–Trinajstić information content (AvgIpc) is 3.24. The van der Waals surface area contributed by atoms with E-state index in [2.05, 4.69) is 20.2 Å². The van der Waals surface area contributed by atoms with Crippen LogP contribution < -0.4 is 10.6 Å². The molecular formula is C19H17ClN4OS. The number of nitrogens with one attached hydrogen (secondary N) is 2. The lowest BCUT2D eigenvalue weighted by Gasteiger charge is -2.11. The molecule has 0 saturated heterocycles. The maximum Gasteiger partial charge on any atom is 0.319 e. The smallest absolute Gasteiger partial charge is 0.319 e. The second-order valence-corrected chi connectivity index (χ2v) is 7.43. The molecule has 1 aliphatic heterocycles. The number of para-hydroxylation sites is 1. The number of nitrogens with zero attached hydrogens (tertiary/aromatic N) is 2. The van der Waals surface area contributed by atoms with Crippen molar-refractivity contribution in [1.82, 2.24) is 14.9 Å². The summed E-state index contributed by atoms with van der Waals surface area (Å²) in [7, 11) is 0. The van der Waals surface area contributed by atoms with Gasteiger partial charge in [0.05, 0.1) is 11.4 Å². The first kappa shape index (κ1) is 17.0. The van der Waals surface area contributed by atoms with Crippen molar-refractivity contribution >= 4 is 35.1 Å². The van der Waals surface area contributed by atoms with Crippen LogP contribution in [-0.4, -0.2) is 21.3 Å². The zero-order chi connectivity index (χ0) is 17.9. The number of urea groups is 1. The highest BCUT2D eigenvalue weighted by atomic mass is 35.5. The molecule has 5 nitrogen and oxygen atoms in total. The minimum absolute atomic E-state index is 0.256. The van der Waals surface area contributed by atoms with E-state index in [9.17, 15) is 4.79 Å². The molecule has 3 aromatic rings. The Kier molecular flexibility index (Phi) is 4.86. The molecule has 2 aromatic carbocycles. The van der Waals surface area contributed by atoms with Crippen LogP contribution in [0.25, 0.3) is 11.3 Å². The van der Waals surface area contributed by atoms with Crippen LogP contribution in [0, 0.1) is 0 Å². The monoisotopic (exact) mass is 384 g/mol. The molecule has 0 aliphatic carbocycles. The van der Waals surface area contributed by atoms with Crippen LogP contribution in [0.3, 0.4) is 0 Å². The predicted octanol–water partition coefficient (Wildman–Crippen LogP) is 4.63. The number of rotatable bonds is 4. The van der Waals surface area contributed by atoms with Crippen LogP contribution in [0.4, 0.5) is 10.5 Å². The fraction of sp³-hybridized carbons (Fsp3) is 0.158. The molecule has 7 heteroatoms. The number of amides is 2. The summed E-state index contributed by atoms with van der Waals surface area (Å²) >= 11 is 7.63. The van der Waals surface area contributed by atoms with Crippen LogP contribution in [0.2, 0.25) is 5.02 Å². The Bertz CT molecular complexity index is 917. The molecule has 0 atom stereocenters. The summed E-state index contributed by atoms with van der Waals surface area (Å²) in [6.07, 6.45) is 2.04. The van der Waals surface area contributed by atoms with E-state index in [4.69, 9.17) is 11.6 Å². The zero-order valence-corrected chi connectivity index (χ0v) is 15.5. The predicted molar refractivity (Wildman–Crippen MR) is 106 cm³/mol. The van der Waals surface area contributed by atoms with Crippen LogP contribution in [0.15, 0.2) is 59.9 Å². The van der Waals surface area contributed by atoms with Gasteiger partial charge in [0.1, 0.15) is 0 Å². The van der Waals surface area contributed by atoms with E-state index < -0.39 is 0 Å². The standard InChI is InChI=1S/C19H17ClN4OS/c20-14-7-5-13(6-8-14)11-21-18(25)22-16-4-2-1-3-15(16)17-12-24-9-10-26-19(24)23-17/h1-8,12H,9-11H2,(H2,21,22,25). The van der Waals surface area contributed by atoms with Crippen molar-refractivity contribution in [3.63, 3.8) is 0 Å². The van der Waals surface area contributed by atoms with Gasteiger partial charge in [0, 0.05) is 35.6 Å². The van der Waals surface area contributed by atoms with Crippen molar-refractivity contribution in [3.05, 3.63) is 65.3 Å². The Hall–Kier alpha value is -2.44. The molecule has 2 heterocycles. The quantitative estimate of drug-likeness (QED) is 0.689. The van der Waals surface area contributed by atoms with Gasteiger partial charge in [-0.05, 0) is 23.8 Å². The van der Waals surface area contributed by atoms with Crippen molar-refractivity contribution < 1.29 is 4.79 Å². The summed E-state index contributed by atoms with van der Waals surface area (Å²) in [5.74, 6) is 1.07. The van der Waals surface area contributed by atoms with Crippen molar-refractivity contribution in [2.24, 2.45) is 0 Å². The number of thioether (sulfide) groups is 1. The highest BCUT2D eigenvalue weighted by Crippen LogP contribution is 2.32. The Morgan fingerprint density at radius 3 is 2.81 bits per heavy atom. The number of anilines is 1. The molecule has 0 saturated carbocycles. The maximum absolute atomic E-state index is 12.3. The Morgan fingerprint density at radius 1 is 1.19 bits per heavy atom. The minimum Gasteiger partial charge on any atom is -0.334 e. The fourth-order valence-electron chi connectivity index (χ4n) is 2.81. The Balaban J connectivity index is 1.46. The maximum atomic E-state index is 12.3. The fourth-order valence-corrected chi connectivity index (χ4v) is 3.88. The molecule has 0 bridgehead atoms. The third-order valence-electron chi connectivity index (χ3n) is 4.12. The number of carbonyl (C=O) groups is 1. The van der Waals surface area contributed by atoms with E-state index in [1.54, 1.807) is 11.8 Å². The average molecular weight is 385 g/mol. The molecule has 0 fully saturated rings. The molecule has 132 valence electrons. The van der Waals surface area contributed by atoms with E-state index >= 15 is 0 Å². The lowest BCUT2D eigenvalue weighted by Crippen LogP contribution is -2.28. The lowest BCUT2D eigenvalue weighted by atomic mass is 10.1. The van der Waals surface area contributed by atoms with Crippen molar-refractivity contribution in [3.8, 4) is 11.3 Å². The molecule has 1 aromatic heterocycles. The zero-order valence-electron chi connectivity index (χ0n) is 13.9. The Labute approximate surface area is 160 Å². The van der Waals surface area contributed by atoms with Crippen LogP contribution in [0.5, 0.6) is 0 Å². The molecule has 4 rings (SSSR count). The summed E-state index contributed by atoms with van der Waals surface area (Å²) in [4.78, 5) is 17.0. The van der Waals surface area contributed by atoms with Gasteiger partial charge in [0.15, 0.2) is 5.16 Å². The molecule has 2 N–H and O–H groups in total. The summed E-state index contributed by atoms with van der Waals surface area (Å²) in [6, 6.07) is 14.8. The van der Waals surface area contributed by atoms with Gasteiger partial charge >= 0.3 is 6.03 Å². The molecule has 1 aliphatic rings. The van der Waals surface area contributed by atoms with Crippen LogP contribution in [0.1, 0.15) is 5.56 Å². The Morgan fingerprint density at radius 2 is 2.00 bits per heavy atom. The normalized spacial score (nSPS) is 12.7. The highest BCUT2D eigenvalue weighted by Gasteiger charge is 2.17. The first-order valence-electron chi connectivity index (χ1n) is 8.28. The number of aromatic nitrogens is 2. The van der Waals surface area contributed by atoms with Gasteiger partial charge in [-0.15, -0.1) is 0 Å². The second kappa shape index (κ2) is 7.43. The number of halogens is 1. The number of hydrogen-bond donors (Lipinski definition) is 2. The number of fused-ring (bicyclic) bond motifs is 1. The van der Waals surface area contributed by atoms with Gasteiger partial charge in [-0.3, -0.25) is 0 Å². The van der Waals surface area contributed by atoms with Crippen molar-refractivity contribution in [2.45, 2.75) is 18.2 Å². The number of carbonyl (C=O) groups excluding carboxylic acids is 1. The topological polar surface area (TPSA) is 59.0 Å².